The SMILES string of the molecule is CC(Sc1nccn1C)C(=O)Nc1ccc(F)cc1. The Morgan fingerprint density at radius 1 is 1.42 bits per heavy atom. The van der Waals surface area contributed by atoms with E-state index in [0.29, 0.717) is 5.69 Å². The number of rotatable bonds is 4. The molecular formula is C13H14FN3OS. The van der Waals surface area contributed by atoms with Crippen molar-refractivity contribution < 1.29 is 9.18 Å². The number of nitrogens with zero attached hydrogens (tertiary/aromatic N) is 2. The fourth-order valence-electron chi connectivity index (χ4n) is 1.45. The fraction of sp³-hybridized carbons (Fsp3) is 0.231. The molecule has 0 aliphatic rings. The predicted octanol–water partition coefficient (Wildman–Crippen LogP) is 2.68. The van der Waals surface area contributed by atoms with Gasteiger partial charge in [-0.3, -0.25) is 4.79 Å². The van der Waals surface area contributed by atoms with Gasteiger partial charge in [0, 0.05) is 25.1 Å². The molecule has 100 valence electrons. The van der Waals surface area contributed by atoms with E-state index in [2.05, 4.69) is 10.3 Å². The number of aromatic nitrogens is 2. The minimum Gasteiger partial charge on any atom is -0.329 e. The van der Waals surface area contributed by atoms with E-state index in [1.165, 1.54) is 36.0 Å². The van der Waals surface area contributed by atoms with Crippen molar-refractivity contribution in [2.45, 2.75) is 17.3 Å². The Labute approximate surface area is 115 Å². The van der Waals surface area contributed by atoms with E-state index >= 15 is 0 Å². The van der Waals surface area contributed by atoms with E-state index < -0.39 is 0 Å². The van der Waals surface area contributed by atoms with Crippen LogP contribution in [-0.2, 0) is 11.8 Å². The van der Waals surface area contributed by atoms with E-state index in [1.807, 2.05) is 17.8 Å². The summed E-state index contributed by atoms with van der Waals surface area (Å²) in [5.74, 6) is -0.465. The maximum Gasteiger partial charge on any atom is 0.237 e. The second-order valence-electron chi connectivity index (χ2n) is 4.08. The van der Waals surface area contributed by atoms with Crippen LogP contribution in [0.5, 0.6) is 0 Å². The zero-order valence-corrected chi connectivity index (χ0v) is 11.4. The topological polar surface area (TPSA) is 46.9 Å². The number of halogens is 1. The highest BCUT2D eigenvalue weighted by Gasteiger charge is 2.16. The van der Waals surface area contributed by atoms with Crippen LogP contribution in [0.25, 0.3) is 0 Å². The van der Waals surface area contributed by atoms with Gasteiger partial charge < -0.3 is 9.88 Å². The first-order chi connectivity index (χ1) is 9.06. The number of thioether (sulfide) groups is 1. The second kappa shape index (κ2) is 5.88. The highest BCUT2D eigenvalue weighted by atomic mass is 32.2. The number of carbonyl (C=O) groups is 1. The van der Waals surface area contributed by atoms with Crippen LogP contribution in [0, 0.1) is 5.82 Å². The monoisotopic (exact) mass is 279 g/mol. The maximum absolute atomic E-state index is 12.8. The minimum absolute atomic E-state index is 0.139. The number of anilines is 1. The van der Waals surface area contributed by atoms with E-state index in [1.54, 1.807) is 13.1 Å². The van der Waals surface area contributed by atoms with Crippen molar-refractivity contribution >= 4 is 23.4 Å². The maximum atomic E-state index is 12.8. The van der Waals surface area contributed by atoms with Crippen LogP contribution in [0.4, 0.5) is 10.1 Å². The zero-order valence-electron chi connectivity index (χ0n) is 10.6. The first-order valence-electron chi connectivity index (χ1n) is 5.76. The molecule has 19 heavy (non-hydrogen) atoms. The van der Waals surface area contributed by atoms with Gasteiger partial charge in [0.25, 0.3) is 0 Å². The number of aryl methyl sites for hydroxylation is 1. The van der Waals surface area contributed by atoms with Crippen LogP contribution in [-0.4, -0.2) is 20.7 Å². The van der Waals surface area contributed by atoms with Crippen molar-refractivity contribution in [3.8, 4) is 0 Å². The fourth-order valence-corrected chi connectivity index (χ4v) is 2.29. The van der Waals surface area contributed by atoms with E-state index in [9.17, 15) is 9.18 Å². The van der Waals surface area contributed by atoms with Crippen molar-refractivity contribution in [3.05, 3.63) is 42.5 Å². The molecule has 0 bridgehead atoms. The van der Waals surface area contributed by atoms with Crippen molar-refractivity contribution in [2.24, 2.45) is 7.05 Å². The van der Waals surface area contributed by atoms with Crippen molar-refractivity contribution in [3.63, 3.8) is 0 Å². The molecule has 0 radical (unpaired) electrons. The number of hydrogen-bond acceptors (Lipinski definition) is 3. The minimum atomic E-state index is -0.326. The van der Waals surface area contributed by atoms with E-state index in [0.717, 1.165) is 5.16 Å². The average Bonchev–Trinajstić information content (AvgIpc) is 2.78. The molecule has 6 heteroatoms. The summed E-state index contributed by atoms with van der Waals surface area (Å²) >= 11 is 1.37. The summed E-state index contributed by atoms with van der Waals surface area (Å²) in [6.45, 7) is 1.80. The molecule has 0 saturated heterocycles. The molecule has 0 fully saturated rings. The summed E-state index contributed by atoms with van der Waals surface area (Å²) in [4.78, 5) is 16.1. The van der Waals surface area contributed by atoms with Gasteiger partial charge in [0.2, 0.25) is 5.91 Å². The molecule has 2 aromatic rings. The Morgan fingerprint density at radius 2 is 2.11 bits per heavy atom. The Hall–Kier alpha value is -1.82. The molecule has 0 spiro atoms. The highest BCUT2D eigenvalue weighted by molar-refractivity contribution is 8.00. The second-order valence-corrected chi connectivity index (χ2v) is 5.38. The van der Waals surface area contributed by atoms with Gasteiger partial charge >= 0.3 is 0 Å². The lowest BCUT2D eigenvalue weighted by Crippen LogP contribution is -2.22. The summed E-state index contributed by atoms with van der Waals surface area (Å²) < 4.78 is 14.6. The largest absolute Gasteiger partial charge is 0.329 e. The van der Waals surface area contributed by atoms with Gasteiger partial charge in [0.15, 0.2) is 5.16 Å². The lowest BCUT2D eigenvalue weighted by Gasteiger charge is -2.11. The summed E-state index contributed by atoms with van der Waals surface area (Å²) in [5, 5.41) is 3.23. The van der Waals surface area contributed by atoms with E-state index in [4.69, 9.17) is 0 Å². The lowest BCUT2D eigenvalue weighted by molar-refractivity contribution is -0.115. The zero-order chi connectivity index (χ0) is 13.8. The van der Waals surface area contributed by atoms with Gasteiger partial charge in [0.1, 0.15) is 5.82 Å². The van der Waals surface area contributed by atoms with Gasteiger partial charge in [0.05, 0.1) is 5.25 Å². The third-order valence-corrected chi connectivity index (χ3v) is 3.71. The molecule has 1 N–H and O–H groups in total. The molecule has 1 unspecified atom stereocenters. The quantitative estimate of drug-likeness (QED) is 0.875. The van der Waals surface area contributed by atoms with Crippen LogP contribution >= 0.6 is 11.8 Å². The molecule has 0 aliphatic heterocycles. The van der Waals surface area contributed by atoms with Crippen LogP contribution in [0.2, 0.25) is 0 Å². The molecule has 1 aromatic carbocycles. The molecule has 1 atom stereocenters. The summed E-state index contributed by atoms with van der Waals surface area (Å²) in [6, 6.07) is 5.69. The Morgan fingerprint density at radius 3 is 2.68 bits per heavy atom. The van der Waals surface area contributed by atoms with Crippen molar-refractivity contribution in [1.29, 1.82) is 0 Å². The molecule has 0 saturated carbocycles. The molecule has 4 nitrogen and oxygen atoms in total. The van der Waals surface area contributed by atoms with Crippen molar-refractivity contribution in [1.82, 2.24) is 9.55 Å². The third-order valence-electron chi connectivity index (χ3n) is 2.54. The Kier molecular flexibility index (Phi) is 4.21. The Balaban J connectivity index is 1.96. The van der Waals surface area contributed by atoms with Crippen LogP contribution in [0.1, 0.15) is 6.92 Å². The number of hydrogen-bond donors (Lipinski definition) is 1. The van der Waals surface area contributed by atoms with Crippen LogP contribution in [0.15, 0.2) is 41.8 Å². The molecule has 1 heterocycles. The predicted molar refractivity (Wildman–Crippen MR) is 73.6 cm³/mol. The smallest absolute Gasteiger partial charge is 0.237 e. The number of imidazole rings is 1. The molecule has 1 amide bonds. The summed E-state index contributed by atoms with van der Waals surface area (Å²) in [7, 11) is 1.87. The summed E-state index contributed by atoms with van der Waals surface area (Å²) in [6.07, 6.45) is 3.51. The first kappa shape index (κ1) is 13.6. The summed E-state index contributed by atoms with van der Waals surface area (Å²) in [5.41, 5.74) is 0.582. The normalized spacial score (nSPS) is 12.2. The van der Waals surface area contributed by atoms with E-state index in [-0.39, 0.29) is 17.0 Å². The van der Waals surface area contributed by atoms with Crippen LogP contribution in [0.3, 0.4) is 0 Å². The highest BCUT2D eigenvalue weighted by Crippen LogP contribution is 2.22. The number of benzene rings is 1. The third kappa shape index (κ3) is 3.57. The number of carbonyl (C=O) groups excluding carboxylic acids is 1. The van der Waals surface area contributed by atoms with Crippen LogP contribution < -0.4 is 5.32 Å². The standard InChI is InChI=1S/C13H14FN3OS/c1-9(19-13-15-7-8-17(13)2)12(18)16-11-5-3-10(14)4-6-11/h3-9H,1-2H3,(H,16,18). The molecule has 1 aromatic heterocycles. The van der Waals surface area contributed by atoms with Gasteiger partial charge in [-0.05, 0) is 31.2 Å². The van der Waals surface area contributed by atoms with Gasteiger partial charge in [-0.25, -0.2) is 9.37 Å². The molecule has 2 rings (SSSR count). The lowest BCUT2D eigenvalue weighted by atomic mass is 10.3. The molecular weight excluding hydrogens is 265 g/mol. The first-order valence-corrected chi connectivity index (χ1v) is 6.64. The van der Waals surface area contributed by atoms with Gasteiger partial charge in [-0.15, -0.1) is 0 Å². The van der Waals surface area contributed by atoms with Crippen molar-refractivity contribution in [2.75, 3.05) is 5.32 Å². The average molecular weight is 279 g/mol. The Bertz CT molecular complexity index is 568. The number of amides is 1. The van der Waals surface area contributed by atoms with Gasteiger partial charge in [-0.1, -0.05) is 11.8 Å². The van der Waals surface area contributed by atoms with Gasteiger partial charge in [-0.2, -0.15) is 0 Å². The molecule has 0 aliphatic carbocycles. The number of nitrogens with one attached hydrogen (secondary N) is 1.